The molecule has 0 bridgehead atoms. The summed E-state index contributed by atoms with van der Waals surface area (Å²) in [5, 5.41) is 10.7. The van der Waals surface area contributed by atoms with Crippen LogP contribution in [0.15, 0.2) is 12.3 Å². The molecule has 0 spiro atoms. The Morgan fingerprint density at radius 2 is 2.20 bits per heavy atom. The van der Waals surface area contributed by atoms with Crippen molar-refractivity contribution in [1.29, 1.82) is 0 Å². The van der Waals surface area contributed by atoms with Crippen LogP contribution in [0.25, 0.3) is 0 Å². The van der Waals surface area contributed by atoms with Crippen LogP contribution in [0.5, 0.6) is 0 Å². The summed E-state index contributed by atoms with van der Waals surface area (Å²) in [6, 6.07) is 1.20. The topological polar surface area (TPSA) is 59.1 Å². The van der Waals surface area contributed by atoms with Crippen LogP contribution >= 0.6 is 23.2 Å². The molecule has 15 heavy (non-hydrogen) atoms. The van der Waals surface area contributed by atoms with E-state index < -0.39 is 6.10 Å². The van der Waals surface area contributed by atoms with Crippen molar-refractivity contribution < 1.29 is 5.11 Å². The maximum Gasteiger partial charge on any atom is 0.112 e. The van der Waals surface area contributed by atoms with E-state index in [1.807, 2.05) is 6.92 Å². The fourth-order valence-corrected chi connectivity index (χ4v) is 1.83. The Balaban J connectivity index is 2.86. The van der Waals surface area contributed by atoms with Crippen LogP contribution < -0.4 is 5.73 Å². The van der Waals surface area contributed by atoms with Gasteiger partial charge in [-0.15, -0.1) is 0 Å². The lowest BCUT2D eigenvalue weighted by atomic mass is 10.0. The largest absolute Gasteiger partial charge is 0.385 e. The van der Waals surface area contributed by atoms with E-state index in [1.165, 1.54) is 6.20 Å². The normalized spacial score (nSPS) is 15.0. The van der Waals surface area contributed by atoms with Gasteiger partial charge in [-0.3, -0.25) is 4.98 Å². The fourth-order valence-electron chi connectivity index (χ4n) is 1.34. The Hall–Kier alpha value is -0.350. The van der Waals surface area contributed by atoms with E-state index in [-0.39, 0.29) is 6.04 Å². The quantitative estimate of drug-likeness (QED) is 0.862. The van der Waals surface area contributed by atoms with E-state index in [1.54, 1.807) is 6.07 Å². The van der Waals surface area contributed by atoms with E-state index in [0.717, 1.165) is 12.8 Å². The monoisotopic (exact) mass is 248 g/mol. The van der Waals surface area contributed by atoms with Gasteiger partial charge in [-0.25, -0.2) is 0 Å². The summed E-state index contributed by atoms with van der Waals surface area (Å²) in [4.78, 5) is 3.99. The van der Waals surface area contributed by atoms with Gasteiger partial charge in [-0.2, -0.15) is 0 Å². The lowest BCUT2D eigenvalue weighted by Crippen LogP contribution is -2.28. The predicted octanol–water partition coefficient (Wildman–Crippen LogP) is 2.55. The van der Waals surface area contributed by atoms with Crippen molar-refractivity contribution in [3.63, 3.8) is 0 Å². The highest BCUT2D eigenvalue weighted by Crippen LogP contribution is 2.26. The molecule has 0 aliphatic rings. The molecule has 0 fully saturated rings. The minimum atomic E-state index is -0.838. The molecule has 1 aromatic rings. The number of pyridine rings is 1. The first-order valence-electron chi connectivity index (χ1n) is 4.80. The van der Waals surface area contributed by atoms with Gasteiger partial charge < -0.3 is 10.8 Å². The number of aromatic nitrogens is 1. The molecule has 2 unspecified atom stereocenters. The number of hydrogen-bond acceptors (Lipinski definition) is 3. The summed E-state index contributed by atoms with van der Waals surface area (Å²) in [6.07, 6.45) is 2.24. The summed E-state index contributed by atoms with van der Waals surface area (Å²) in [5.41, 5.74) is 6.18. The van der Waals surface area contributed by atoms with Crippen LogP contribution in [0.1, 0.15) is 31.6 Å². The summed E-state index contributed by atoms with van der Waals surface area (Å²) >= 11 is 11.6. The molecule has 0 aromatic carbocycles. The van der Waals surface area contributed by atoms with Crippen molar-refractivity contribution in [2.75, 3.05) is 0 Å². The maximum atomic E-state index is 9.88. The van der Waals surface area contributed by atoms with Gasteiger partial charge in [-0.05, 0) is 12.5 Å². The molecule has 5 heteroatoms. The molecule has 0 amide bonds. The highest BCUT2D eigenvalue weighted by atomic mass is 35.5. The van der Waals surface area contributed by atoms with Crippen LogP contribution in [0.2, 0.25) is 10.0 Å². The second-order valence-electron chi connectivity index (χ2n) is 3.42. The number of aliphatic hydroxyl groups excluding tert-OH is 1. The van der Waals surface area contributed by atoms with Gasteiger partial charge >= 0.3 is 0 Å². The molecule has 0 aliphatic heterocycles. The third kappa shape index (κ3) is 3.31. The third-order valence-corrected chi connectivity index (χ3v) is 2.65. The standard InChI is InChI=1S/C10H14Cl2N2O/c1-2-3-8(13)10(15)9-7(12)4-6(11)5-14-9/h4-5,8,10,15H,2-3,13H2,1H3. The molecule has 1 heterocycles. The Morgan fingerprint density at radius 3 is 2.73 bits per heavy atom. The van der Waals surface area contributed by atoms with Crippen LogP contribution in [0.3, 0.4) is 0 Å². The highest BCUT2D eigenvalue weighted by molar-refractivity contribution is 6.34. The average Bonchev–Trinajstić information content (AvgIpc) is 2.17. The lowest BCUT2D eigenvalue weighted by molar-refractivity contribution is 0.137. The zero-order valence-electron chi connectivity index (χ0n) is 8.45. The first kappa shape index (κ1) is 12.7. The van der Waals surface area contributed by atoms with E-state index in [9.17, 15) is 5.11 Å². The van der Waals surface area contributed by atoms with E-state index in [4.69, 9.17) is 28.9 Å². The fraction of sp³-hybridized carbons (Fsp3) is 0.500. The van der Waals surface area contributed by atoms with E-state index in [0.29, 0.717) is 15.7 Å². The van der Waals surface area contributed by atoms with Crippen molar-refractivity contribution >= 4 is 23.2 Å². The van der Waals surface area contributed by atoms with E-state index in [2.05, 4.69) is 4.98 Å². The van der Waals surface area contributed by atoms with Gasteiger partial charge in [0.2, 0.25) is 0 Å². The van der Waals surface area contributed by atoms with Crippen molar-refractivity contribution in [1.82, 2.24) is 4.98 Å². The highest BCUT2D eigenvalue weighted by Gasteiger charge is 2.20. The molecule has 84 valence electrons. The molecule has 3 N–H and O–H groups in total. The zero-order chi connectivity index (χ0) is 11.4. The zero-order valence-corrected chi connectivity index (χ0v) is 9.96. The molecule has 2 atom stereocenters. The number of nitrogens with zero attached hydrogens (tertiary/aromatic N) is 1. The predicted molar refractivity (Wildman–Crippen MR) is 62.1 cm³/mol. The summed E-state index contributed by atoms with van der Waals surface area (Å²) in [6.45, 7) is 2.00. The molecule has 3 nitrogen and oxygen atoms in total. The molecule has 0 aliphatic carbocycles. The molecular formula is C10H14Cl2N2O. The Labute approximate surface area is 99.2 Å². The lowest BCUT2D eigenvalue weighted by Gasteiger charge is -2.18. The van der Waals surface area contributed by atoms with Crippen LogP contribution in [0.4, 0.5) is 0 Å². The molecule has 1 rings (SSSR count). The van der Waals surface area contributed by atoms with Crippen LogP contribution in [-0.4, -0.2) is 16.1 Å². The number of hydrogen-bond donors (Lipinski definition) is 2. The molecular weight excluding hydrogens is 235 g/mol. The number of halogens is 2. The number of aliphatic hydroxyl groups is 1. The second kappa shape index (κ2) is 5.66. The first-order valence-corrected chi connectivity index (χ1v) is 5.56. The first-order chi connectivity index (χ1) is 7.06. The van der Waals surface area contributed by atoms with Crippen molar-refractivity contribution in [3.05, 3.63) is 28.0 Å². The number of nitrogens with two attached hydrogens (primary N) is 1. The van der Waals surface area contributed by atoms with Gasteiger partial charge in [-0.1, -0.05) is 36.5 Å². The van der Waals surface area contributed by atoms with Gasteiger partial charge in [0, 0.05) is 12.2 Å². The average molecular weight is 249 g/mol. The van der Waals surface area contributed by atoms with Crippen molar-refractivity contribution in [2.24, 2.45) is 5.73 Å². The minimum Gasteiger partial charge on any atom is -0.385 e. The Morgan fingerprint density at radius 1 is 1.53 bits per heavy atom. The molecule has 0 saturated heterocycles. The third-order valence-electron chi connectivity index (χ3n) is 2.14. The summed E-state index contributed by atoms with van der Waals surface area (Å²) in [5.74, 6) is 0. The van der Waals surface area contributed by atoms with Gasteiger partial charge in [0.25, 0.3) is 0 Å². The van der Waals surface area contributed by atoms with E-state index >= 15 is 0 Å². The van der Waals surface area contributed by atoms with Gasteiger partial charge in [0.1, 0.15) is 6.10 Å². The SMILES string of the molecule is CCCC(N)C(O)c1ncc(Cl)cc1Cl. The molecule has 0 saturated carbocycles. The van der Waals surface area contributed by atoms with Crippen molar-refractivity contribution in [3.8, 4) is 0 Å². The van der Waals surface area contributed by atoms with Gasteiger partial charge in [0.15, 0.2) is 0 Å². The Kier molecular flexibility index (Phi) is 4.80. The minimum absolute atomic E-state index is 0.346. The summed E-state index contributed by atoms with van der Waals surface area (Å²) in [7, 11) is 0. The second-order valence-corrected chi connectivity index (χ2v) is 4.26. The van der Waals surface area contributed by atoms with Crippen molar-refractivity contribution in [2.45, 2.75) is 31.9 Å². The number of rotatable bonds is 4. The van der Waals surface area contributed by atoms with Crippen LogP contribution in [-0.2, 0) is 0 Å². The summed E-state index contributed by atoms with van der Waals surface area (Å²) < 4.78 is 0. The smallest absolute Gasteiger partial charge is 0.112 e. The Bertz CT molecular complexity index is 333. The molecule has 0 radical (unpaired) electrons. The molecule has 1 aromatic heterocycles. The maximum absolute atomic E-state index is 9.88. The van der Waals surface area contributed by atoms with Crippen LogP contribution in [0, 0.1) is 0 Å². The van der Waals surface area contributed by atoms with Gasteiger partial charge in [0.05, 0.1) is 15.7 Å².